The second-order valence-corrected chi connectivity index (χ2v) is 3.09. The lowest BCUT2D eigenvalue weighted by molar-refractivity contribution is -0.153. The maximum atomic E-state index is 10.9. The Labute approximate surface area is 71.3 Å². The van der Waals surface area contributed by atoms with Crippen LogP contribution in [0.5, 0.6) is 0 Å². The zero-order valence-electron chi connectivity index (χ0n) is 7.29. The fourth-order valence-corrected chi connectivity index (χ4v) is 1.07. The maximum absolute atomic E-state index is 10.9. The van der Waals surface area contributed by atoms with Gasteiger partial charge in [0.15, 0.2) is 0 Å². The highest BCUT2D eigenvalue weighted by Crippen LogP contribution is 2.32. The van der Waals surface area contributed by atoms with Crippen molar-refractivity contribution in [3.05, 3.63) is 0 Å². The Hall–Kier alpha value is -1.06. The molecule has 0 saturated heterocycles. The van der Waals surface area contributed by atoms with Crippen molar-refractivity contribution in [2.24, 2.45) is 5.92 Å². The highest BCUT2D eigenvalue weighted by atomic mass is 16.5. The molecule has 1 aliphatic carbocycles. The number of rotatable bonds is 2. The lowest BCUT2D eigenvalue weighted by Crippen LogP contribution is -2.39. The highest BCUT2D eigenvalue weighted by Gasteiger charge is 2.30. The van der Waals surface area contributed by atoms with E-state index in [-0.39, 0.29) is 6.04 Å². The number of carbonyl (C=O) groups is 2. The average Bonchev–Trinajstić information content (AvgIpc) is 2.84. The van der Waals surface area contributed by atoms with E-state index in [2.05, 4.69) is 10.1 Å². The quantitative estimate of drug-likeness (QED) is 0.472. The molecule has 0 radical (unpaired) electrons. The summed E-state index contributed by atoms with van der Waals surface area (Å²) in [5, 5.41) is 2.58. The van der Waals surface area contributed by atoms with Crippen LogP contribution < -0.4 is 5.32 Å². The van der Waals surface area contributed by atoms with Crippen LogP contribution in [0.2, 0.25) is 0 Å². The number of esters is 1. The molecule has 0 aromatic carbocycles. The summed E-state index contributed by atoms with van der Waals surface area (Å²) in [6.07, 6.45) is 2.28. The van der Waals surface area contributed by atoms with Gasteiger partial charge in [-0.15, -0.1) is 0 Å². The first-order valence-electron chi connectivity index (χ1n) is 4.04. The smallest absolute Gasteiger partial charge is 0.396 e. The van der Waals surface area contributed by atoms with Gasteiger partial charge in [-0.05, 0) is 25.7 Å². The van der Waals surface area contributed by atoms with Crippen LogP contribution in [0.25, 0.3) is 0 Å². The molecule has 1 unspecified atom stereocenters. The molecule has 1 amide bonds. The van der Waals surface area contributed by atoms with Crippen molar-refractivity contribution in [3.63, 3.8) is 0 Å². The number of nitrogens with one attached hydrogen (secondary N) is 1. The molecule has 0 heterocycles. The Morgan fingerprint density at radius 3 is 2.50 bits per heavy atom. The summed E-state index contributed by atoms with van der Waals surface area (Å²) in [7, 11) is 1.20. The molecule has 0 bridgehead atoms. The fourth-order valence-electron chi connectivity index (χ4n) is 1.07. The van der Waals surface area contributed by atoms with E-state index in [0.717, 1.165) is 12.8 Å². The van der Waals surface area contributed by atoms with E-state index in [0.29, 0.717) is 5.92 Å². The lowest BCUT2D eigenvalue weighted by atomic mass is 10.2. The Morgan fingerprint density at radius 2 is 2.08 bits per heavy atom. The largest absolute Gasteiger partial charge is 0.462 e. The number of hydrogen-bond acceptors (Lipinski definition) is 3. The molecule has 1 atom stereocenters. The summed E-state index contributed by atoms with van der Waals surface area (Å²) in [6, 6.07) is 0.0941. The van der Waals surface area contributed by atoms with Crippen LogP contribution in [0, 0.1) is 5.92 Å². The van der Waals surface area contributed by atoms with Gasteiger partial charge in [0, 0.05) is 6.04 Å². The molecule has 0 aliphatic heterocycles. The predicted octanol–water partition coefficient (Wildman–Crippen LogP) is 0.0741. The van der Waals surface area contributed by atoms with Crippen molar-refractivity contribution in [1.82, 2.24) is 5.32 Å². The maximum Gasteiger partial charge on any atom is 0.396 e. The third kappa shape index (κ3) is 2.22. The fraction of sp³-hybridized carbons (Fsp3) is 0.750. The van der Waals surface area contributed by atoms with Gasteiger partial charge in [0.25, 0.3) is 0 Å². The number of amides is 1. The number of hydrogen-bond donors (Lipinski definition) is 1. The van der Waals surface area contributed by atoms with E-state index in [1.165, 1.54) is 7.11 Å². The topological polar surface area (TPSA) is 55.4 Å². The zero-order chi connectivity index (χ0) is 9.14. The van der Waals surface area contributed by atoms with E-state index >= 15 is 0 Å². The second-order valence-electron chi connectivity index (χ2n) is 3.09. The third-order valence-electron chi connectivity index (χ3n) is 2.06. The standard InChI is InChI=1S/C8H13NO3/c1-5(6-3-4-6)9-7(10)8(11)12-2/h5-6H,3-4H2,1-2H3,(H,9,10). The van der Waals surface area contributed by atoms with Gasteiger partial charge in [-0.3, -0.25) is 4.79 Å². The van der Waals surface area contributed by atoms with Crippen LogP contribution in [0.4, 0.5) is 0 Å². The van der Waals surface area contributed by atoms with Crippen molar-refractivity contribution in [3.8, 4) is 0 Å². The summed E-state index contributed by atoms with van der Waals surface area (Å²) < 4.78 is 4.26. The Balaban J connectivity index is 2.29. The van der Waals surface area contributed by atoms with Crippen LogP contribution in [0.15, 0.2) is 0 Å². The first-order valence-corrected chi connectivity index (χ1v) is 4.04. The van der Waals surface area contributed by atoms with Gasteiger partial charge in [0.2, 0.25) is 0 Å². The summed E-state index contributed by atoms with van der Waals surface area (Å²) in [5.74, 6) is -0.905. The molecule has 4 nitrogen and oxygen atoms in total. The molecule has 1 rings (SSSR count). The van der Waals surface area contributed by atoms with Crippen molar-refractivity contribution in [1.29, 1.82) is 0 Å². The summed E-state index contributed by atoms with van der Waals surface area (Å²) in [5.41, 5.74) is 0. The van der Waals surface area contributed by atoms with Crippen LogP contribution in [0.3, 0.4) is 0 Å². The highest BCUT2D eigenvalue weighted by molar-refractivity contribution is 6.32. The number of ether oxygens (including phenoxy) is 1. The predicted molar refractivity (Wildman–Crippen MR) is 42.3 cm³/mol. The average molecular weight is 171 g/mol. The van der Waals surface area contributed by atoms with Gasteiger partial charge >= 0.3 is 11.9 Å². The van der Waals surface area contributed by atoms with E-state index in [1.54, 1.807) is 0 Å². The number of carbonyl (C=O) groups excluding carboxylic acids is 2. The molecule has 0 aromatic rings. The first kappa shape index (κ1) is 9.03. The molecule has 1 fully saturated rings. The van der Waals surface area contributed by atoms with Gasteiger partial charge in [0.05, 0.1) is 7.11 Å². The van der Waals surface area contributed by atoms with Crippen molar-refractivity contribution < 1.29 is 14.3 Å². The summed E-state index contributed by atoms with van der Waals surface area (Å²) in [6.45, 7) is 1.90. The zero-order valence-corrected chi connectivity index (χ0v) is 7.29. The van der Waals surface area contributed by atoms with Crippen LogP contribution in [-0.4, -0.2) is 25.0 Å². The van der Waals surface area contributed by atoms with Crippen molar-refractivity contribution in [2.75, 3.05) is 7.11 Å². The molecule has 0 aromatic heterocycles. The molecule has 68 valence electrons. The van der Waals surface area contributed by atoms with Crippen LogP contribution in [0.1, 0.15) is 19.8 Å². The molecule has 12 heavy (non-hydrogen) atoms. The van der Waals surface area contributed by atoms with E-state index in [4.69, 9.17) is 0 Å². The van der Waals surface area contributed by atoms with Crippen LogP contribution >= 0.6 is 0 Å². The molecule has 1 aliphatic rings. The minimum absolute atomic E-state index is 0.0941. The molecular formula is C8H13NO3. The molecule has 1 saturated carbocycles. The third-order valence-corrected chi connectivity index (χ3v) is 2.06. The van der Waals surface area contributed by atoms with Crippen molar-refractivity contribution in [2.45, 2.75) is 25.8 Å². The molecule has 1 N–H and O–H groups in total. The SMILES string of the molecule is COC(=O)C(=O)NC(C)C1CC1. The normalized spacial score (nSPS) is 18.2. The second kappa shape index (κ2) is 3.56. The minimum Gasteiger partial charge on any atom is -0.462 e. The Bertz CT molecular complexity index is 198. The van der Waals surface area contributed by atoms with Gasteiger partial charge in [-0.25, -0.2) is 4.79 Å². The van der Waals surface area contributed by atoms with E-state index < -0.39 is 11.9 Å². The van der Waals surface area contributed by atoms with Gasteiger partial charge < -0.3 is 10.1 Å². The van der Waals surface area contributed by atoms with Gasteiger partial charge in [-0.2, -0.15) is 0 Å². The molecule has 0 spiro atoms. The lowest BCUT2D eigenvalue weighted by Gasteiger charge is -2.10. The minimum atomic E-state index is -0.817. The van der Waals surface area contributed by atoms with E-state index in [1.807, 2.05) is 6.92 Å². The summed E-state index contributed by atoms with van der Waals surface area (Å²) >= 11 is 0. The Morgan fingerprint density at radius 1 is 1.50 bits per heavy atom. The molecular weight excluding hydrogens is 158 g/mol. The van der Waals surface area contributed by atoms with E-state index in [9.17, 15) is 9.59 Å². The van der Waals surface area contributed by atoms with Gasteiger partial charge in [0.1, 0.15) is 0 Å². The first-order chi connectivity index (χ1) is 5.65. The summed E-state index contributed by atoms with van der Waals surface area (Å²) in [4.78, 5) is 21.6. The molecule has 4 heteroatoms. The monoisotopic (exact) mass is 171 g/mol. The van der Waals surface area contributed by atoms with Crippen molar-refractivity contribution >= 4 is 11.9 Å². The number of methoxy groups -OCH3 is 1. The van der Waals surface area contributed by atoms with Crippen LogP contribution in [-0.2, 0) is 14.3 Å². The van der Waals surface area contributed by atoms with Gasteiger partial charge in [-0.1, -0.05) is 0 Å². The Kier molecular flexibility index (Phi) is 2.68.